The van der Waals surface area contributed by atoms with Gasteiger partial charge in [-0.25, -0.2) is 4.79 Å². The zero-order valence-corrected chi connectivity index (χ0v) is 20.8. The van der Waals surface area contributed by atoms with Gasteiger partial charge in [0.25, 0.3) is 0 Å². The van der Waals surface area contributed by atoms with Crippen molar-refractivity contribution in [2.24, 2.45) is 0 Å². The van der Waals surface area contributed by atoms with Crippen LogP contribution in [0.4, 0.5) is 10.5 Å². The van der Waals surface area contributed by atoms with Gasteiger partial charge in [0, 0.05) is 25.7 Å². The van der Waals surface area contributed by atoms with E-state index in [0.29, 0.717) is 18.0 Å². The molecule has 0 saturated carbocycles. The third-order valence-electron chi connectivity index (χ3n) is 6.64. The molecule has 2 aromatic carbocycles. The minimum absolute atomic E-state index is 0.133. The third-order valence-corrected chi connectivity index (χ3v) is 6.64. The number of aryl methyl sites for hydroxylation is 1. The lowest BCUT2D eigenvalue weighted by atomic mass is 10.0. The summed E-state index contributed by atoms with van der Waals surface area (Å²) in [6, 6.07) is 17.8. The van der Waals surface area contributed by atoms with Crippen LogP contribution in [0, 0.1) is 6.92 Å². The molecule has 1 aliphatic heterocycles. The highest BCUT2D eigenvalue weighted by molar-refractivity contribution is 5.91. The summed E-state index contributed by atoms with van der Waals surface area (Å²) in [7, 11) is 3.30. The molecule has 35 heavy (non-hydrogen) atoms. The molecule has 186 valence electrons. The summed E-state index contributed by atoms with van der Waals surface area (Å²) < 4.78 is 16.3. The van der Waals surface area contributed by atoms with Crippen LogP contribution >= 0.6 is 0 Å². The van der Waals surface area contributed by atoms with Gasteiger partial charge in [0.05, 0.1) is 32.7 Å². The number of anilines is 1. The summed E-state index contributed by atoms with van der Waals surface area (Å²) in [4.78, 5) is 17.8. The standard InChI is InChI=1S/C28H35N3O4/c1-21-6-11-27(34-3)26(19-21)29-28(32)31(20-25-5-4-18-35-25)23-13-16-30(17-14-23)15-12-22-7-9-24(33-2)10-8-22/h4-11,18-19,23H,12-17,20H2,1-3H3,(H,29,32). The fourth-order valence-electron chi connectivity index (χ4n) is 4.58. The summed E-state index contributed by atoms with van der Waals surface area (Å²) in [5.74, 6) is 2.31. The highest BCUT2D eigenvalue weighted by Crippen LogP contribution is 2.27. The van der Waals surface area contributed by atoms with Crippen molar-refractivity contribution in [3.05, 3.63) is 77.7 Å². The number of urea groups is 1. The Balaban J connectivity index is 1.38. The van der Waals surface area contributed by atoms with Gasteiger partial charge in [-0.2, -0.15) is 0 Å². The number of benzene rings is 2. The lowest BCUT2D eigenvalue weighted by molar-refractivity contribution is 0.119. The number of carbonyl (C=O) groups is 1. The van der Waals surface area contributed by atoms with Crippen LogP contribution in [0.15, 0.2) is 65.3 Å². The van der Waals surface area contributed by atoms with E-state index < -0.39 is 0 Å². The average molecular weight is 478 g/mol. The van der Waals surface area contributed by atoms with Crippen molar-refractivity contribution in [3.8, 4) is 11.5 Å². The van der Waals surface area contributed by atoms with Gasteiger partial charge < -0.3 is 29.0 Å². The predicted octanol–water partition coefficient (Wildman–Crippen LogP) is 5.35. The first-order valence-electron chi connectivity index (χ1n) is 12.2. The first-order chi connectivity index (χ1) is 17.1. The molecule has 0 atom stereocenters. The zero-order chi connectivity index (χ0) is 24.6. The highest BCUT2D eigenvalue weighted by Gasteiger charge is 2.29. The minimum Gasteiger partial charge on any atom is -0.497 e. The topological polar surface area (TPSA) is 67.2 Å². The minimum atomic E-state index is -0.137. The van der Waals surface area contributed by atoms with E-state index in [1.807, 2.05) is 54.3 Å². The van der Waals surface area contributed by atoms with E-state index in [9.17, 15) is 4.79 Å². The number of likely N-dealkylation sites (tertiary alicyclic amines) is 1. The molecule has 2 amide bonds. The fourth-order valence-corrected chi connectivity index (χ4v) is 4.58. The number of nitrogens with zero attached hydrogens (tertiary/aromatic N) is 2. The Morgan fingerprint density at radius 3 is 2.51 bits per heavy atom. The summed E-state index contributed by atoms with van der Waals surface area (Å²) in [6.45, 7) is 5.35. The second-order valence-corrected chi connectivity index (χ2v) is 9.01. The van der Waals surface area contributed by atoms with E-state index >= 15 is 0 Å². The third kappa shape index (κ3) is 6.57. The van der Waals surface area contributed by atoms with Gasteiger partial charge in [-0.1, -0.05) is 18.2 Å². The Kier molecular flexibility index (Phi) is 8.32. The van der Waals surface area contributed by atoms with Crippen molar-refractivity contribution < 1.29 is 18.7 Å². The number of methoxy groups -OCH3 is 2. The van der Waals surface area contributed by atoms with Gasteiger partial charge in [0.15, 0.2) is 0 Å². The van der Waals surface area contributed by atoms with Crippen molar-refractivity contribution in [2.45, 2.75) is 38.8 Å². The second kappa shape index (κ2) is 11.8. The number of rotatable bonds is 9. The van der Waals surface area contributed by atoms with Crippen LogP contribution in [-0.2, 0) is 13.0 Å². The van der Waals surface area contributed by atoms with E-state index in [1.54, 1.807) is 20.5 Å². The summed E-state index contributed by atoms with van der Waals surface area (Å²) >= 11 is 0. The van der Waals surface area contributed by atoms with E-state index in [-0.39, 0.29) is 12.1 Å². The molecule has 2 heterocycles. The first kappa shape index (κ1) is 24.7. The van der Waals surface area contributed by atoms with Crippen LogP contribution < -0.4 is 14.8 Å². The Morgan fingerprint density at radius 1 is 1.09 bits per heavy atom. The monoisotopic (exact) mass is 477 g/mol. The van der Waals surface area contributed by atoms with Gasteiger partial charge in [-0.3, -0.25) is 0 Å². The normalized spacial score (nSPS) is 14.5. The van der Waals surface area contributed by atoms with Gasteiger partial charge in [0.2, 0.25) is 0 Å². The van der Waals surface area contributed by atoms with Gasteiger partial charge in [-0.05, 0) is 73.7 Å². The molecule has 1 saturated heterocycles. The lowest BCUT2D eigenvalue weighted by Crippen LogP contribution is -2.48. The number of piperidine rings is 1. The van der Waals surface area contributed by atoms with E-state index in [1.165, 1.54) is 5.56 Å². The van der Waals surface area contributed by atoms with E-state index in [2.05, 4.69) is 22.3 Å². The van der Waals surface area contributed by atoms with Crippen molar-refractivity contribution in [3.63, 3.8) is 0 Å². The van der Waals surface area contributed by atoms with Crippen molar-refractivity contribution >= 4 is 11.7 Å². The van der Waals surface area contributed by atoms with Crippen LogP contribution in [0.2, 0.25) is 0 Å². The molecule has 4 rings (SSSR count). The second-order valence-electron chi connectivity index (χ2n) is 9.01. The molecular weight excluding hydrogens is 442 g/mol. The summed E-state index contributed by atoms with van der Waals surface area (Å²) in [5.41, 5.74) is 3.04. The maximum atomic E-state index is 13.5. The average Bonchev–Trinajstić information content (AvgIpc) is 3.40. The molecule has 1 N–H and O–H groups in total. The molecule has 0 radical (unpaired) electrons. The molecule has 1 fully saturated rings. The van der Waals surface area contributed by atoms with Gasteiger partial charge >= 0.3 is 6.03 Å². The van der Waals surface area contributed by atoms with Crippen LogP contribution in [-0.4, -0.2) is 55.7 Å². The Morgan fingerprint density at radius 2 is 1.86 bits per heavy atom. The number of carbonyl (C=O) groups excluding carboxylic acids is 1. The molecule has 3 aromatic rings. The smallest absolute Gasteiger partial charge is 0.322 e. The van der Waals surface area contributed by atoms with E-state index in [0.717, 1.165) is 56.0 Å². The molecule has 0 aliphatic carbocycles. The number of hydrogen-bond acceptors (Lipinski definition) is 5. The van der Waals surface area contributed by atoms with Gasteiger partial charge in [0.1, 0.15) is 17.3 Å². The Bertz CT molecular complexity index is 1070. The number of nitrogens with one attached hydrogen (secondary N) is 1. The van der Waals surface area contributed by atoms with Crippen LogP contribution in [0.1, 0.15) is 29.7 Å². The molecule has 1 aliphatic rings. The van der Waals surface area contributed by atoms with Crippen LogP contribution in [0.25, 0.3) is 0 Å². The zero-order valence-electron chi connectivity index (χ0n) is 20.8. The summed E-state index contributed by atoms with van der Waals surface area (Å²) in [5, 5.41) is 3.08. The fraction of sp³-hybridized carbons (Fsp3) is 0.393. The lowest BCUT2D eigenvalue weighted by Gasteiger charge is -2.38. The Labute approximate surface area is 207 Å². The predicted molar refractivity (Wildman–Crippen MR) is 137 cm³/mol. The maximum absolute atomic E-state index is 13.5. The quantitative estimate of drug-likeness (QED) is 0.450. The number of furan rings is 1. The maximum Gasteiger partial charge on any atom is 0.322 e. The van der Waals surface area contributed by atoms with Gasteiger partial charge in [-0.15, -0.1) is 0 Å². The number of ether oxygens (including phenoxy) is 2. The summed E-state index contributed by atoms with van der Waals surface area (Å²) in [6.07, 6.45) is 4.48. The molecular formula is C28H35N3O4. The Hall–Kier alpha value is -3.45. The van der Waals surface area contributed by atoms with Crippen LogP contribution in [0.5, 0.6) is 11.5 Å². The largest absolute Gasteiger partial charge is 0.497 e. The molecule has 0 unspecified atom stereocenters. The number of amides is 2. The van der Waals surface area contributed by atoms with Crippen molar-refractivity contribution in [2.75, 3.05) is 39.2 Å². The van der Waals surface area contributed by atoms with Crippen molar-refractivity contribution in [1.82, 2.24) is 9.80 Å². The first-order valence-corrected chi connectivity index (χ1v) is 12.2. The number of hydrogen-bond donors (Lipinski definition) is 1. The van der Waals surface area contributed by atoms with Crippen molar-refractivity contribution in [1.29, 1.82) is 0 Å². The molecule has 1 aromatic heterocycles. The van der Waals surface area contributed by atoms with E-state index in [4.69, 9.17) is 13.9 Å². The molecule has 7 nitrogen and oxygen atoms in total. The molecule has 7 heteroatoms. The molecule has 0 bridgehead atoms. The van der Waals surface area contributed by atoms with Crippen LogP contribution in [0.3, 0.4) is 0 Å². The highest BCUT2D eigenvalue weighted by atomic mass is 16.5. The SMILES string of the molecule is COc1ccc(CCN2CCC(N(Cc3ccco3)C(=O)Nc3cc(C)ccc3OC)CC2)cc1. The molecule has 0 spiro atoms.